The molecule has 152 valence electrons. The van der Waals surface area contributed by atoms with Crippen LogP contribution >= 0.6 is 22.0 Å². The van der Waals surface area contributed by atoms with E-state index in [1.54, 1.807) is 24.4 Å². The maximum Gasteiger partial charge on any atom is 0.407 e. The fourth-order valence-corrected chi connectivity index (χ4v) is 5.66. The van der Waals surface area contributed by atoms with E-state index < -0.39 is 9.05 Å². The molecule has 0 atom stereocenters. The first-order chi connectivity index (χ1) is 13.2. The molecular formula is C19H23ClN2O4S2. The summed E-state index contributed by atoms with van der Waals surface area (Å²) in [4.78, 5) is 17.2. The second-order valence-electron chi connectivity index (χ2n) is 7.14. The van der Waals surface area contributed by atoms with E-state index in [4.69, 9.17) is 15.4 Å². The van der Waals surface area contributed by atoms with E-state index >= 15 is 0 Å². The molecule has 1 saturated carbocycles. The number of hydrogen-bond donors (Lipinski definition) is 1. The van der Waals surface area contributed by atoms with Crippen LogP contribution < -0.4 is 5.32 Å². The molecule has 28 heavy (non-hydrogen) atoms. The molecule has 0 saturated heterocycles. The average Bonchev–Trinajstić information content (AvgIpc) is 3.11. The predicted molar refractivity (Wildman–Crippen MR) is 110 cm³/mol. The number of halogens is 1. The molecule has 0 radical (unpaired) electrons. The SMILES string of the molecule is CC(C)OC(=O)N[C@H]1CC[C@H](c2ncc(-c3ccccc3S(=O)(=O)Cl)s2)CC1. The Labute approximate surface area is 173 Å². The van der Waals surface area contributed by atoms with Gasteiger partial charge in [-0.05, 0) is 45.6 Å². The summed E-state index contributed by atoms with van der Waals surface area (Å²) < 4.78 is 28.8. The molecule has 1 fully saturated rings. The lowest BCUT2D eigenvalue weighted by molar-refractivity contribution is 0.109. The number of nitrogens with one attached hydrogen (secondary N) is 1. The third-order valence-electron chi connectivity index (χ3n) is 4.68. The number of carbonyl (C=O) groups is 1. The molecule has 9 heteroatoms. The maximum atomic E-state index is 11.8. The normalized spacial score (nSPS) is 20.1. The molecule has 0 unspecified atom stereocenters. The number of amides is 1. The van der Waals surface area contributed by atoms with Crippen molar-refractivity contribution in [1.82, 2.24) is 10.3 Å². The first kappa shape index (κ1) is 21.1. The summed E-state index contributed by atoms with van der Waals surface area (Å²) in [5, 5.41) is 3.90. The first-order valence-corrected chi connectivity index (χ1v) is 12.3. The van der Waals surface area contributed by atoms with Crippen LogP contribution in [0.25, 0.3) is 10.4 Å². The summed E-state index contributed by atoms with van der Waals surface area (Å²) >= 11 is 1.50. The molecule has 1 amide bonds. The van der Waals surface area contributed by atoms with E-state index in [9.17, 15) is 13.2 Å². The predicted octanol–water partition coefficient (Wildman–Crippen LogP) is 4.90. The number of ether oxygens (including phenoxy) is 1. The van der Waals surface area contributed by atoms with Gasteiger partial charge in [-0.15, -0.1) is 11.3 Å². The Balaban J connectivity index is 1.66. The second-order valence-corrected chi connectivity index (χ2v) is 10.7. The minimum absolute atomic E-state index is 0.100. The number of aromatic nitrogens is 1. The van der Waals surface area contributed by atoms with Crippen molar-refractivity contribution >= 4 is 37.2 Å². The molecule has 0 spiro atoms. The lowest BCUT2D eigenvalue weighted by Crippen LogP contribution is -2.38. The van der Waals surface area contributed by atoms with E-state index in [-0.39, 0.29) is 23.1 Å². The largest absolute Gasteiger partial charge is 0.447 e. The van der Waals surface area contributed by atoms with Gasteiger partial charge in [0, 0.05) is 34.4 Å². The molecular weight excluding hydrogens is 420 g/mol. The van der Waals surface area contributed by atoms with Crippen molar-refractivity contribution in [2.45, 2.75) is 62.5 Å². The summed E-state index contributed by atoms with van der Waals surface area (Å²) in [6.45, 7) is 3.65. The van der Waals surface area contributed by atoms with Gasteiger partial charge in [-0.1, -0.05) is 18.2 Å². The van der Waals surface area contributed by atoms with Gasteiger partial charge in [-0.3, -0.25) is 0 Å². The molecule has 2 aromatic rings. The van der Waals surface area contributed by atoms with Crippen molar-refractivity contribution in [1.29, 1.82) is 0 Å². The molecule has 1 aromatic carbocycles. The Morgan fingerprint density at radius 2 is 1.93 bits per heavy atom. The maximum absolute atomic E-state index is 11.8. The van der Waals surface area contributed by atoms with Gasteiger partial charge in [-0.25, -0.2) is 18.2 Å². The Morgan fingerprint density at radius 1 is 1.25 bits per heavy atom. The molecule has 0 aliphatic heterocycles. The second kappa shape index (κ2) is 8.80. The van der Waals surface area contributed by atoms with Crippen molar-refractivity contribution in [3.05, 3.63) is 35.5 Å². The molecule has 3 rings (SSSR count). The van der Waals surface area contributed by atoms with Crippen molar-refractivity contribution in [3.8, 4) is 10.4 Å². The topological polar surface area (TPSA) is 85.4 Å². The van der Waals surface area contributed by atoms with E-state index in [0.29, 0.717) is 11.5 Å². The lowest BCUT2D eigenvalue weighted by atomic mass is 9.86. The smallest absolute Gasteiger partial charge is 0.407 e. The van der Waals surface area contributed by atoms with Gasteiger partial charge in [0.1, 0.15) is 0 Å². The molecule has 1 heterocycles. The molecule has 1 N–H and O–H groups in total. The Bertz CT molecular complexity index is 935. The van der Waals surface area contributed by atoms with Gasteiger partial charge in [0.05, 0.1) is 20.9 Å². The number of nitrogens with zero attached hydrogens (tertiary/aromatic N) is 1. The zero-order valence-electron chi connectivity index (χ0n) is 15.7. The molecule has 1 aromatic heterocycles. The standard InChI is InChI=1S/C19H23ClN2O4S2/c1-12(2)26-19(23)22-14-9-7-13(8-10-14)18-21-11-16(27-18)15-5-3-4-6-17(15)28(20,24)25/h3-6,11-14H,7-10H2,1-2H3,(H,22,23)/t13-,14-. The van der Waals surface area contributed by atoms with Gasteiger partial charge in [0.2, 0.25) is 0 Å². The molecule has 6 nitrogen and oxygen atoms in total. The van der Waals surface area contributed by atoms with Gasteiger partial charge in [0.15, 0.2) is 0 Å². The monoisotopic (exact) mass is 442 g/mol. The molecule has 1 aliphatic rings. The van der Waals surface area contributed by atoms with Crippen molar-refractivity contribution < 1.29 is 17.9 Å². The van der Waals surface area contributed by atoms with Crippen LogP contribution in [0.1, 0.15) is 50.5 Å². The summed E-state index contributed by atoms with van der Waals surface area (Å²) in [5.41, 5.74) is 0.577. The van der Waals surface area contributed by atoms with Crippen LogP contribution in [0.2, 0.25) is 0 Å². The van der Waals surface area contributed by atoms with E-state index in [0.717, 1.165) is 35.6 Å². The Kier molecular flexibility index (Phi) is 6.62. The minimum atomic E-state index is -3.83. The summed E-state index contributed by atoms with van der Waals surface area (Å²) in [7, 11) is 1.74. The van der Waals surface area contributed by atoms with Crippen LogP contribution in [0, 0.1) is 0 Å². The number of hydrogen-bond acceptors (Lipinski definition) is 6. The zero-order chi connectivity index (χ0) is 20.3. The third kappa shape index (κ3) is 5.24. The average molecular weight is 443 g/mol. The first-order valence-electron chi connectivity index (χ1n) is 9.21. The quantitative estimate of drug-likeness (QED) is 0.665. The summed E-state index contributed by atoms with van der Waals surface area (Å²) in [5.74, 6) is 0.303. The van der Waals surface area contributed by atoms with Gasteiger partial charge in [0.25, 0.3) is 9.05 Å². The van der Waals surface area contributed by atoms with Crippen LogP contribution in [0.3, 0.4) is 0 Å². The number of alkyl carbamates (subject to hydrolysis) is 1. The van der Waals surface area contributed by atoms with Crippen LogP contribution in [0.5, 0.6) is 0 Å². The Hall–Kier alpha value is -1.64. The van der Waals surface area contributed by atoms with Crippen LogP contribution in [-0.4, -0.2) is 31.6 Å². The van der Waals surface area contributed by atoms with E-state index in [2.05, 4.69) is 10.3 Å². The lowest BCUT2D eigenvalue weighted by Gasteiger charge is -2.28. The van der Waals surface area contributed by atoms with Gasteiger partial charge in [-0.2, -0.15) is 0 Å². The number of rotatable bonds is 5. The summed E-state index contributed by atoms with van der Waals surface area (Å²) in [6, 6.07) is 6.80. The highest BCUT2D eigenvalue weighted by Crippen LogP contribution is 2.39. The highest BCUT2D eigenvalue weighted by atomic mass is 35.7. The number of benzene rings is 1. The number of carbonyl (C=O) groups excluding carboxylic acids is 1. The van der Waals surface area contributed by atoms with Crippen LogP contribution in [0.15, 0.2) is 35.4 Å². The molecule has 0 bridgehead atoms. The van der Waals surface area contributed by atoms with Gasteiger partial charge < -0.3 is 10.1 Å². The van der Waals surface area contributed by atoms with E-state index in [1.807, 2.05) is 13.8 Å². The van der Waals surface area contributed by atoms with Gasteiger partial charge >= 0.3 is 6.09 Å². The van der Waals surface area contributed by atoms with Crippen molar-refractivity contribution in [2.24, 2.45) is 0 Å². The highest BCUT2D eigenvalue weighted by Gasteiger charge is 2.27. The van der Waals surface area contributed by atoms with Crippen molar-refractivity contribution in [2.75, 3.05) is 0 Å². The third-order valence-corrected chi connectivity index (χ3v) is 7.25. The van der Waals surface area contributed by atoms with Crippen molar-refractivity contribution in [3.63, 3.8) is 0 Å². The molecule has 1 aliphatic carbocycles. The highest BCUT2D eigenvalue weighted by molar-refractivity contribution is 8.13. The van der Waals surface area contributed by atoms with Crippen LogP contribution in [0.4, 0.5) is 4.79 Å². The fourth-order valence-electron chi connectivity index (χ4n) is 3.38. The Morgan fingerprint density at radius 3 is 2.57 bits per heavy atom. The summed E-state index contributed by atoms with van der Waals surface area (Å²) in [6.07, 6.45) is 4.76. The minimum Gasteiger partial charge on any atom is -0.447 e. The fraction of sp³-hybridized carbons (Fsp3) is 0.474. The number of thiazole rings is 1. The van der Waals surface area contributed by atoms with Crippen LogP contribution in [-0.2, 0) is 13.8 Å². The zero-order valence-corrected chi connectivity index (χ0v) is 18.1. The van der Waals surface area contributed by atoms with E-state index in [1.165, 1.54) is 17.4 Å².